The van der Waals surface area contributed by atoms with Crippen LogP contribution in [0, 0.1) is 0 Å². The molecule has 3 rings (SSSR count). The highest BCUT2D eigenvalue weighted by Gasteiger charge is 2.39. The number of carbonyl (C=O) groups is 2. The Morgan fingerprint density at radius 1 is 1.29 bits per heavy atom. The van der Waals surface area contributed by atoms with E-state index in [1.165, 1.54) is 0 Å². The lowest BCUT2D eigenvalue weighted by molar-refractivity contribution is 0.0828. The van der Waals surface area contributed by atoms with Crippen molar-refractivity contribution in [2.45, 2.75) is 25.0 Å². The lowest BCUT2D eigenvalue weighted by Crippen LogP contribution is -2.53. The summed E-state index contributed by atoms with van der Waals surface area (Å²) < 4.78 is 5.31. The van der Waals surface area contributed by atoms with E-state index < -0.39 is 0 Å². The normalized spacial score (nSPS) is 19.6. The van der Waals surface area contributed by atoms with Gasteiger partial charge in [0.2, 0.25) is 0 Å². The third kappa shape index (κ3) is 3.04. The SMILES string of the molecule is O=C1N=CC2(CCN(C(=O)OCc3ccccc3)CC2)N1. The van der Waals surface area contributed by atoms with Crippen LogP contribution in [0.25, 0.3) is 0 Å². The molecule has 0 aliphatic carbocycles. The van der Waals surface area contributed by atoms with E-state index in [0.717, 1.165) is 5.56 Å². The molecular weight excluding hydrogens is 270 g/mol. The van der Waals surface area contributed by atoms with Crippen LogP contribution in [0.2, 0.25) is 0 Å². The molecule has 1 saturated heterocycles. The van der Waals surface area contributed by atoms with Gasteiger partial charge in [0.15, 0.2) is 0 Å². The van der Waals surface area contributed by atoms with Crippen LogP contribution in [-0.2, 0) is 11.3 Å². The molecule has 0 bridgehead atoms. The van der Waals surface area contributed by atoms with Gasteiger partial charge in [0.25, 0.3) is 0 Å². The number of hydrogen-bond acceptors (Lipinski definition) is 3. The molecule has 0 aromatic heterocycles. The van der Waals surface area contributed by atoms with E-state index in [-0.39, 0.29) is 24.3 Å². The molecule has 1 aromatic rings. The van der Waals surface area contributed by atoms with Gasteiger partial charge in [-0.2, -0.15) is 0 Å². The molecule has 0 unspecified atom stereocenters. The van der Waals surface area contributed by atoms with Crippen LogP contribution in [0.4, 0.5) is 9.59 Å². The topological polar surface area (TPSA) is 71.0 Å². The van der Waals surface area contributed by atoms with Crippen molar-refractivity contribution >= 4 is 18.3 Å². The van der Waals surface area contributed by atoms with Gasteiger partial charge in [0.1, 0.15) is 6.61 Å². The second-order valence-corrected chi connectivity index (χ2v) is 5.37. The Morgan fingerprint density at radius 3 is 2.62 bits per heavy atom. The molecule has 0 saturated carbocycles. The van der Waals surface area contributed by atoms with Crippen molar-refractivity contribution in [1.29, 1.82) is 0 Å². The fraction of sp³-hybridized carbons (Fsp3) is 0.400. The molecule has 6 nitrogen and oxygen atoms in total. The number of benzene rings is 1. The van der Waals surface area contributed by atoms with E-state index in [2.05, 4.69) is 10.3 Å². The molecule has 2 aliphatic heterocycles. The number of ether oxygens (including phenoxy) is 1. The largest absolute Gasteiger partial charge is 0.445 e. The Bertz CT molecular complexity index is 563. The number of rotatable bonds is 2. The number of amides is 3. The van der Waals surface area contributed by atoms with Crippen LogP contribution in [-0.4, -0.2) is 41.9 Å². The highest BCUT2D eigenvalue weighted by atomic mass is 16.6. The Morgan fingerprint density at radius 2 is 2.00 bits per heavy atom. The zero-order valence-electron chi connectivity index (χ0n) is 11.6. The maximum Gasteiger partial charge on any atom is 0.410 e. The highest BCUT2D eigenvalue weighted by Crippen LogP contribution is 2.24. The fourth-order valence-electron chi connectivity index (χ4n) is 2.61. The summed E-state index contributed by atoms with van der Waals surface area (Å²) >= 11 is 0. The van der Waals surface area contributed by atoms with Crippen LogP contribution >= 0.6 is 0 Å². The van der Waals surface area contributed by atoms with Crippen LogP contribution in [0.15, 0.2) is 35.3 Å². The lowest BCUT2D eigenvalue weighted by Gasteiger charge is -2.36. The van der Waals surface area contributed by atoms with E-state index in [1.54, 1.807) is 11.1 Å². The van der Waals surface area contributed by atoms with Gasteiger partial charge < -0.3 is 15.0 Å². The van der Waals surface area contributed by atoms with E-state index >= 15 is 0 Å². The van der Waals surface area contributed by atoms with Crippen LogP contribution in [0.1, 0.15) is 18.4 Å². The van der Waals surface area contributed by atoms with Crippen molar-refractivity contribution in [3.8, 4) is 0 Å². The van der Waals surface area contributed by atoms with Crippen LogP contribution in [0.5, 0.6) is 0 Å². The third-order valence-corrected chi connectivity index (χ3v) is 3.90. The monoisotopic (exact) mass is 287 g/mol. The lowest BCUT2D eigenvalue weighted by atomic mass is 9.90. The minimum Gasteiger partial charge on any atom is -0.445 e. The number of nitrogens with one attached hydrogen (secondary N) is 1. The summed E-state index contributed by atoms with van der Waals surface area (Å²) in [6, 6.07) is 9.29. The smallest absolute Gasteiger partial charge is 0.410 e. The van der Waals surface area contributed by atoms with Crippen molar-refractivity contribution in [3.05, 3.63) is 35.9 Å². The molecule has 2 heterocycles. The maximum atomic E-state index is 12.0. The van der Waals surface area contributed by atoms with Crippen LogP contribution in [0.3, 0.4) is 0 Å². The van der Waals surface area contributed by atoms with Crippen molar-refractivity contribution in [1.82, 2.24) is 10.2 Å². The predicted molar refractivity (Wildman–Crippen MR) is 77.2 cm³/mol. The number of likely N-dealkylation sites (tertiary alicyclic amines) is 1. The van der Waals surface area contributed by atoms with Gasteiger partial charge in [0.05, 0.1) is 5.54 Å². The molecule has 6 heteroatoms. The van der Waals surface area contributed by atoms with Crippen LogP contribution < -0.4 is 5.32 Å². The van der Waals surface area contributed by atoms with Gasteiger partial charge in [0, 0.05) is 19.3 Å². The van der Waals surface area contributed by atoms with Crippen molar-refractivity contribution < 1.29 is 14.3 Å². The summed E-state index contributed by atoms with van der Waals surface area (Å²) in [5.41, 5.74) is 0.599. The molecule has 2 aliphatic rings. The van der Waals surface area contributed by atoms with Gasteiger partial charge in [-0.3, -0.25) is 0 Å². The Labute approximate surface area is 122 Å². The fourth-order valence-corrected chi connectivity index (χ4v) is 2.61. The Hall–Kier alpha value is -2.37. The molecule has 1 fully saturated rings. The van der Waals surface area contributed by atoms with Gasteiger partial charge in [-0.1, -0.05) is 30.3 Å². The van der Waals surface area contributed by atoms with Crippen molar-refractivity contribution in [2.75, 3.05) is 13.1 Å². The standard InChI is InChI=1S/C15H17N3O3/c19-13-16-11-15(17-13)6-8-18(9-7-15)14(20)21-10-12-4-2-1-3-5-12/h1-5,11H,6-10H2,(H,17,19). The summed E-state index contributed by atoms with van der Waals surface area (Å²) in [7, 11) is 0. The molecule has 0 atom stereocenters. The molecule has 1 spiro atoms. The molecule has 21 heavy (non-hydrogen) atoms. The van der Waals surface area contributed by atoms with Gasteiger partial charge in [-0.05, 0) is 18.4 Å². The third-order valence-electron chi connectivity index (χ3n) is 3.90. The summed E-state index contributed by atoms with van der Waals surface area (Å²) in [4.78, 5) is 28.6. The number of nitrogens with zero attached hydrogens (tertiary/aromatic N) is 2. The summed E-state index contributed by atoms with van der Waals surface area (Å²) in [5.74, 6) is 0. The maximum absolute atomic E-state index is 12.0. The first-order valence-electron chi connectivity index (χ1n) is 7.00. The van der Waals surface area contributed by atoms with E-state index in [0.29, 0.717) is 25.9 Å². The second-order valence-electron chi connectivity index (χ2n) is 5.37. The number of aliphatic imine (C=N–C) groups is 1. The van der Waals surface area contributed by atoms with E-state index in [4.69, 9.17) is 4.74 Å². The quantitative estimate of drug-likeness (QED) is 0.903. The second kappa shape index (κ2) is 5.55. The van der Waals surface area contributed by atoms with Gasteiger partial charge in [-0.25, -0.2) is 14.6 Å². The molecule has 0 radical (unpaired) electrons. The Balaban J connectivity index is 1.49. The average Bonchev–Trinajstić information content (AvgIpc) is 2.87. The first kappa shape index (κ1) is 13.6. The summed E-state index contributed by atoms with van der Waals surface area (Å²) in [6.07, 6.45) is 2.70. The molecule has 110 valence electrons. The predicted octanol–water partition coefficient (Wildman–Crippen LogP) is 1.95. The minimum atomic E-state index is -0.368. The number of carbonyl (C=O) groups excluding carboxylic acids is 2. The van der Waals surface area contributed by atoms with E-state index in [9.17, 15) is 9.59 Å². The minimum absolute atomic E-state index is 0.277. The summed E-state index contributed by atoms with van der Waals surface area (Å²) in [5, 5.41) is 2.85. The zero-order chi connectivity index (χ0) is 14.7. The zero-order valence-corrected chi connectivity index (χ0v) is 11.6. The molecule has 3 amide bonds. The summed E-state index contributed by atoms with van der Waals surface area (Å²) in [6.45, 7) is 1.39. The average molecular weight is 287 g/mol. The van der Waals surface area contributed by atoms with Crippen molar-refractivity contribution in [2.24, 2.45) is 4.99 Å². The van der Waals surface area contributed by atoms with Gasteiger partial charge in [-0.15, -0.1) is 0 Å². The number of hydrogen-bond donors (Lipinski definition) is 1. The highest BCUT2D eigenvalue weighted by molar-refractivity contribution is 5.95. The molecule has 1 aromatic carbocycles. The van der Waals surface area contributed by atoms with Gasteiger partial charge >= 0.3 is 12.1 Å². The first-order chi connectivity index (χ1) is 10.2. The molecule has 1 N–H and O–H groups in total. The first-order valence-corrected chi connectivity index (χ1v) is 7.00. The number of urea groups is 1. The van der Waals surface area contributed by atoms with E-state index in [1.807, 2.05) is 30.3 Å². The number of piperidine rings is 1. The Kier molecular flexibility index (Phi) is 3.60. The van der Waals surface area contributed by atoms with Crippen molar-refractivity contribution in [3.63, 3.8) is 0 Å². The molecular formula is C15H17N3O3.